The molecular weight excluding hydrogens is 1960 g/mol. The van der Waals surface area contributed by atoms with Crippen molar-refractivity contribution in [2.75, 3.05) is 144 Å². The van der Waals surface area contributed by atoms with Gasteiger partial charge in [-0.15, -0.1) is 11.3 Å². The lowest BCUT2D eigenvalue weighted by Crippen LogP contribution is -2.47. The number of benzene rings is 4. The number of aromatic nitrogens is 27. The maximum absolute atomic E-state index is 14.4. The third-order valence-corrected chi connectivity index (χ3v) is 28.9. The number of thiazole rings is 1. The lowest BCUT2D eigenvalue weighted by molar-refractivity contribution is 0.101. The molecule has 4 atom stereocenters. The van der Waals surface area contributed by atoms with Crippen molar-refractivity contribution >= 4 is 92.1 Å². The zero-order chi connectivity index (χ0) is 104. The Bertz CT molecular complexity index is 7710. The van der Waals surface area contributed by atoms with E-state index in [-0.39, 0.29) is 16.9 Å². The molecule has 4 fully saturated rings. The van der Waals surface area contributed by atoms with Crippen molar-refractivity contribution in [3.05, 3.63) is 336 Å². The minimum atomic E-state index is -1.32. The van der Waals surface area contributed by atoms with Crippen LogP contribution in [0.5, 0.6) is 0 Å². The molecule has 6 N–H and O–H groups in total. The molecule has 46 heteroatoms. The Balaban J connectivity index is 0.000000117. The summed E-state index contributed by atoms with van der Waals surface area (Å²) in [5, 5.41) is 54.2. The Morgan fingerprint density at radius 3 is 0.847 bits per heavy atom. The average molecular weight is 2070 g/mol. The highest BCUT2D eigenvalue weighted by Gasteiger charge is 2.36. The Kier molecular flexibility index (Phi) is 27.1. The van der Waals surface area contributed by atoms with E-state index >= 15 is 0 Å². The van der Waals surface area contributed by atoms with Crippen LogP contribution in [0.4, 0.5) is 69.0 Å². The fraction of sp³-hybridized carbons (Fsp3) is 0.269. The van der Waals surface area contributed by atoms with Gasteiger partial charge in [0.1, 0.15) is 87.7 Å². The topological polar surface area (TPSA) is 409 Å². The molecule has 20 heterocycles. The highest BCUT2D eigenvalue weighted by molar-refractivity contribution is 7.15. The number of piperazine rings is 4. The molecule has 4 aromatic carbocycles. The van der Waals surface area contributed by atoms with Crippen LogP contribution in [0.3, 0.4) is 0 Å². The van der Waals surface area contributed by atoms with Crippen molar-refractivity contribution in [1.82, 2.24) is 133 Å². The van der Waals surface area contributed by atoms with E-state index in [9.17, 15) is 32.2 Å². The summed E-state index contributed by atoms with van der Waals surface area (Å²) in [6, 6.07) is 28.1. The van der Waals surface area contributed by atoms with Gasteiger partial charge in [0, 0.05) is 314 Å². The van der Waals surface area contributed by atoms with Gasteiger partial charge in [-0.1, -0.05) is 48.0 Å². The number of aliphatic hydroxyl groups is 2. The molecule has 16 aromatic heterocycles. The minimum Gasteiger partial charge on any atom is -0.381 e. The van der Waals surface area contributed by atoms with E-state index in [1.54, 1.807) is 152 Å². The van der Waals surface area contributed by atoms with Crippen molar-refractivity contribution in [1.29, 1.82) is 0 Å². The maximum atomic E-state index is 14.4. The lowest BCUT2D eigenvalue weighted by atomic mass is 9.87. The molecule has 0 saturated carbocycles. The van der Waals surface area contributed by atoms with E-state index < -0.39 is 45.5 Å². The number of nitrogens with zero attached hydrogens (tertiary/aromatic N) is 35. The molecular formula is C104H103ClF5N37O2S. The Morgan fingerprint density at radius 2 is 0.567 bits per heavy atom. The first-order valence-electron chi connectivity index (χ1n) is 48.3. The molecule has 0 aliphatic carbocycles. The van der Waals surface area contributed by atoms with Crippen LogP contribution in [0.1, 0.15) is 77.2 Å². The quantitative estimate of drug-likeness (QED) is 0.0515. The number of anilines is 8. The fourth-order valence-corrected chi connectivity index (χ4v) is 19.8. The molecule has 0 bridgehead atoms. The summed E-state index contributed by atoms with van der Waals surface area (Å²) < 4.78 is 81.5. The molecule has 0 spiro atoms. The van der Waals surface area contributed by atoms with Gasteiger partial charge in [0.15, 0.2) is 23.3 Å². The predicted molar refractivity (Wildman–Crippen MR) is 559 cm³/mol. The van der Waals surface area contributed by atoms with E-state index in [2.05, 4.69) is 164 Å². The van der Waals surface area contributed by atoms with E-state index in [0.717, 1.165) is 190 Å². The minimum absolute atomic E-state index is 0.178. The first-order chi connectivity index (χ1) is 72.3. The SMILES string of the molecule is Cc1ncc(-c2cc3c(N4CCN(c5ncc([C@](C)(O)c6ccc(F)cc6)cn5)CC4)ncnn3c2)s1.Cn1cc(-c2cc3c(N4CCN(c5ncc([C@@](C)(N)c6ccc(F)cc6F)cn5)CC4)ncnn3c2)cn1.Cn1cc(-c2cc3c(N4CCN(c5ncc([C@@](C)(O)c6ccc(Cl)cc6)cn5)CC4)ncnn3c2)cn1.Cn1cc(-c2cc3c(N4CCN(c5ncc([C@](C)(N)c6ccc(F)cc6F)cn5)CC4)ncnn3c2)cn1. The Labute approximate surface area is 865 Å². The molecule has 24 rings (SSSR count). The van der Waals surface area contributed by atoms with Crippen LogP contribution in [0, 0.1) is 36.0 Å². The number of hydrogen-bond donors (Lipinski definition) is 4. The third-order valence-electron chi connectivity index (χ3n) is 27.7. The smallest absolute Gasteiger partial charge is 0.225 e. The molecule has 20 aromatic rings. The van der Waals surface area contributed by atoms with Crippen LogP contribution in [-0.2, 0) is 43.4 Å². The first-order valence-corrected chi connectivity index (χ1v) is 49.5. The summed E-state index contributed by atoms with van der Waals surface area (Å²) in [5.74, 6) is 2.86. The molecule has 0 radical (unpaired) electrons. The fourth-order valence-electron chi connectivity index (χ4n) is 18.9. The van der Waals surface area contributed by atoms with Crippen LogP contribution < -0.4 is 50.7 Å². The van der Waals surface area contributed by atoms with Crippen LogP contribution in [0.2, 0.25) is 5.02 Å². The van der Waals surface area contributed by atoms with Gasteiger partial charge in [-0.3, -0.25) is 14.0 Å². The summed E-state index contributed by atoms with van der Waals surface area (Å²) in [7, 11) is 5.69. The maximum Gasteiger partial charge on any atom is 0.225 e. The van der Waals surface area contributed by atoms with Crippen LogP contribution >= 0.6 is 22.9 Å². The molecule has 764 valence electrons. The van der Waals surface area contributed by atoms with Crippen molar-refractivity contribution < 1.29 is 32.2 Å². The lowest BCUT2D eigenvalue weighted by Gasteiger charge is -2.35. The van der Waals surface area contributed by atoms with Gasteiger partial charge in [-0.05, 0) is 106 Å². The summed E-state index contributed by atoms with van der Waals surface area (Å²) in [6.07, 6.45) is 40.7. The normalized spacial score (nSPS) is 15.7. The molecule has 0 amide bonds. The zero-order valence-corrected chi connectivity index (χ0v) is 84.4. The second kappa shape index (κ2) is 41.1. The van der Waals surface area contributed by atoms with Crippen molar-refractivity contribution in [2.45, 2.75) is 56.9 Å². The predicted octanol–water partition coefficient (Wildman–Crippen LogP) is 12.3. The molecule has 4 saturated heterocycles. The van der Waals surface area contributed by atoms with Gasteiger partial charge in [0.2, 0.25) is 23.8 Å². The van der Waals surface area contributed by atoms with Gasteiger partial charge < -0.3 is 60.9 Å². The first kappa shape index (κ1) is 99.1. The van der Waals surface area contributed by atoms with Crippen LogP contribution in [0.15, 0.2) is 252 Å². The van der Waals surface area contributed by atoms with Crippen LogP contribution in [0.25, 0.3) is 65.9 Å². The van der Waals surface area contributed by atoms with Crippen molar-refractivity contribution in [3.63, 3.8) is 0 Å². The highest BCUT2D eigenvalue weighted by Crippen LogP contribution is 2.39. The second-order valence-electron chi connectivity index (χ2n) is 37.8. The number of fused-ring (bicyclic) bond motifs is 4. The number of nitrogens with two attached hydrogens (primary N) is 2. The van der Waals surface area contributed by atoms with Crippen LogP contribution in [-0.4, -0.2) is 248 Å². The van der Waals surface area contributed by atoms with Gasteiger partial charge in [-0.25, -0.2) is 105 Å². The monoisotopic (exact) mass is 2060 g/mol. The zero-order valence-electron chi connectivity index (χ0n) is 82.9. The van der Waals surface area contributed by atoms with E-state index in [4.69, 9.17) is 23.1 Å². The van der Waals surface area contributed by atoms with Crippen molar-refractivity contribution in [3.8, 4) is 43.8 Å². The Hall–Kier alpha value is -16.9. The number of aryl methyl sites for hydroxylation is 4. The number of rotatable bonds is 20. The molecule has 0 unspecified atom stereocenters. The summed E-state index contributed by atoms with van der Waals surface area (Å²) >= 11 is 7.65. The van der Waals surface area contributed by atoms with Gasteiger partial charge in [0.05, 0.1) is 39.6 Å². The highest BCUT2D eigenvalue weighted by atomic mass is 35.5. The average Bonchev–Trinajstić information content (AvgIpc) is 1.39. The number of halogens is 6. The van der Waals surface area contributed by atoms with E-state index in [0.29, 0.717) is 82.8 Å². The number of hydrogen-bond acceptors (Lipinski definition) is 33. The van der Waals surface area contributed by atoms with Gasteiger partial charge >= 0.3 is 0 Å². The molecule has 4 aliphatic heterocycles. The van der Waals surface area contributed by atoms with E-state index in [1.807, 2.05) is 126 Å². The largest absolute Gasteiger partial charge is 0.381 e. The van der Waals surface area contributed by atoms with Crippen molar-refractivity contribution in [2.24, 2.45) is 32.6 Å². The second-order valence-corrected chi connectivity index (χ2v) is 39.5. The summed E-state index contributed by atoms with van der Waals surface area (Å²) in [6.45, 7) is 20.4. The molecule has 39 nitrogen and oxygen atoms in total. The summed E-state index contributed by atoms with van der Waals surface area (Å²) in [5.41, 5.74) is 22.8. The third kappa shape index (κ3) is 20.5. The molecule has 150 heavy (non-hydrogen) atoms. The standard InChI is InChI=1S/C26H26ClN9O.2C26H26F2N10.C26H25FN8OS/c1-26(37,20-3-5-22(27)6-4-20)21-13-28-25(29-14-21)35-9-7-34(8-10-35)24-23-11-18(16-36(23)32-17-30-24)19-12-31-33(2)15-19;2*1-26(29,21-4-3-20(27)10-22(21)28)19-12-30-25(31-13-19)37-7-5-36(6-8-37)24-23-9-17(15-38(23)34-16-32-24)18-11-33-35(2)14-18;1-17-28-14-23(37-17)18-11-22-24(31-16-32-35(22)15-18)33-7-9-34(10-8-33)25-29-12-20(13-30-25)26(2,36)19-3-5-21(27)6-4-19/h3-6,11-17,37H,7-10H2,1-2H3;2*3-4,9-16H,5-8,29H2,1-2H3;3-6,11-16,36H,7-10H2,1-2H3/t4*26-/m0101/s1. The van der Waals surface area contributed by atoms with E-state index in [1.165, 1.54) is 36.4 Å². The Morgan fingerprint density at radius 1 is 0.293 bits per heavy atom. The van der Waals surface area contributed by atoms with Gasteiger partial charge in [0.25, 0.3) is 0 Å². The van der Waals surface area contributed by atoms with Gasteiger partial charge in [-0.2, -0.15) is 35.7 Å². The summed E-state index contributed by atoms with van der Waals surface area (Å²) in [4.78, 5) is 77.5. The molecule has 4 aliphatic rings.